The van der Waals surface area contributed by atoms with E-state index in [0.717, 1.165) is 0 Å². The maximum Gasteiger partial charge on any atom is 0.452 e. The number of hydrogen-bond acceptors (Lipinski definition) is 8. The lowest BCUT2D eigenvalue weighted by Gasteiger charge is -2.29. The van der Waals surface area contributed by atoms with E-state index >= 15 is 0 Å². The van der Waals surface area contributed by atoms with Crippen molar-refractivity contribution in [1.82, 2.24) is 14.8 Å². The van der Waals surface area contributed by atoms with Crippen LogP contribution in [0.15, 0.2) is 57.3 Å². The molecule has 2 heterocycles. The second kappa shape index (κ2) is 9.83. The first kappa shape index (κ1) is 27.3. The van der Waals surface area contributed by atoms with Crippen molar-refractivity contribution in [3.63, 3.8) is 0 Å². The fourth-order valence-electron chi connectivity index (χ4n) is 4.45. The maximum atomic E-state index is 13.4. The Morgan fingerprint density at radius 2 is 1.97 bits per heavy atom. The number of sulfonamides is 1. The van der Waals surface area contributed by atoms with Crippen molar-refractivity contribution < 1.29 is 40.8 Å². The number of carbonyl (C=O) groups is 1. The van der Waals surface area contributed by atoms with Crippen LogP contribution in [0, 0.1) is 0 Å². The molecule has 0 spiro atoms. The lowest BCUT2D eigenvalue weighted by atomic mass is 9.90. The molecule has 0 bridgehead atoms. The van der Waals surface area contributed by atoms with Crippen LogP contribution in [-0.2, 0) is 31.1 Å². The van der Waals surface area contributed by atoms with Crippen molar-refractivity contribution in [2.45, 2.75) is 27.8 Å². The molecule has 1 saturated carbocycles. The molecule has 2 N–H and O–H groups in total. The molecule has 2 atom stereocenters. The molecule has 3 aromatic rings. The molecule has 1 aliphatic rings. The molecule has 0 radical (unpaired) electrons. The molecule has 4 rings (SSSR count). The normalized spacial score (nSPS) is 21.9. The van der Waals surface area contributed by atoms with Gasteiger partial charge in [0.1, 0.15) is 15.4 Å². The highest BCUT2D eigenvalue weighted by Crippen LogP contribution is 2.59. The number of benzene rings is 1. The van der Waals surface area contributed by atoms with Gasteiger partial charge in [-0.3, -0.25) is 4.79 Å². The summed E-state index contributed by atoms with van der Waals surface area (Å²) in [7, 11) is -1.04. The van der Waals surface area contributed by atoms with Crippen LogP contribution in [0.4, 0.5) is 13.2 Å². The van der Waals surface area contributed by atoms with Crippen LogP contribution < -0.4 is 4.72 Å². The van der Waals surface area contributed by atoms with E-state index in [1.807, 2.05) is 4.90 Å². The highest BCUT2D eigenvalue weighted by atomic mass is 32.2. The number of rotatable bonds is 11. The summed E-state index contributed by atoms with van der Waals surface area (Å²) in [6.07, 6.45) is -4.73. The summed E-state index contributed by atoms with van der Waals surface area (Å²) in [5.74, 6) is -2.64. The van der Waals surface area contributed by atoms with Crippen LogP contribution in [-0.4, -0.2) is 68.9 Å². The molecule has 0 saturated heterocycles. The van der Waals surface area contributed by atoms with Gasteiger partial charge in [-0.25, -0.2) is 8.42 Å². The number of nitrogens with zero attached hydrogens (tertiary/aromatic N) is 2. The van der Waals surface area contributed by atoms with Crippen LogP contribution >= 0.6 is 11.3 Å². The van der Waals surface area contributed by atoms with Crippen LogP contribution in [0.25, 0.3) is 10.6 Å². The van der Waals surface area contributed by atoms with Gasteiger partial charge in [-0.05, 0) is 31.2 Å². The predicted octanol–water partition coefficient (Wildman–Crippen LogP) is 3.44. The molecule has 1 aliphatic carbocycles. The van der Waals surface area contributed by atoms with E-state index < -0.39 is 38.9 Å². The number of carboxylic acids is 1. The van der Waals surface area contributed by atoms with Gasteiger partial charge in [0, 0.05) is 31.7 Å². The fraction of sp³-hybridized carbons (Fsp3) is 0.391. The molecule has 1 aromatic carbocycles. The Balaban J connectivity index is 1.65. The molecule has 14 heteroatoms. The van der Waals surface area contributed by atoms with Gasteiger partial charge in [-0.1, -0.05) is 35.5 Å². The smallest absolute Gasteiger partial charge is 0.452 e. The van der Waals surface area contributed by atoms with Crippen LogP contribution in [0.2, 0.25) is 0 Å². The van der Waals surface area contributed by atoms with Gasteiger partial charge >= 0.3 is 12.1 Å². The molecular formula is C23H24F3N3O6S2. The number of hydrogen-bond donors (Lipinski definition) is 2. The first-order valence-corrected chi connectivity index (χ1v) is 13.3. The molecule has 9 nitrogen and oxygen atoms in total. The van der Waals surface area contributed by atoms with Crippen molar-refractivity contribution in [2.75, 3.05) is 33.9 Å². The lowest BCUT2D eigenvalue weighted by Crippen LogP contribution is -2.51. The van der Waals surface area contributed by atoms with Crippen LogP contribution in [0.1, 0.15) is 17.7 Å². The molecular weight excluding hydrogens is 535 g/mol. The van der Waals surface area contributed by atoms with Gasteiger partial charge in [0.25, 0.3) is 10.0 Å². The van der Waals surface area contributed by atoms with Crippen LogP contribution in [0.5, 0.6) is 0 Å². The van der Waals surface area contributed by atoms with E-state index in [-0.39, 0.29) is 27.7 Å². The van der Waals surface area contributed by atoms with E-state index in [2.05, 4.69) is 14.4 Å². The highest BCUT2D eigenvalue weighted by molar-refractivity contribution is 7.91. The monoisotopic (exact) mass is 559 g/mol. The lowest BCUT2D eigenvalue weighted by molar-refractivity contribution is -0.155. The number of likely N-dealkylation sites (N-methyl/N-ethyl adjacent to an activating group) is 1. The zero-order valence-electron chi connectivity index (χ0n) is 19.8. The summed E-state index contributed by atoms with van der Waals surface area (Å²) in [4.78, 5) is 14.6. The Hall–Kier alpha value is -2.78. The minimum atomic E-state index is -4.74. The van der Waals surface area contributed by atoms with E-state index in [9.17, 15) is 31.5 Å². The summed E-state index contributed by atoms with van der Waals surface area (Å²) in [6.45, 7) is 1.15. The van der Waals surface area contributed by atoms with Gasteiger partial charge in [0.15, 0.2) is 0 Å². The second-order valence-electron chi connectivity index (χ2n) is 8.86. The minimum absolute atomic E-state index is 0.00631. The zero-order valence-corrected chi connectivity index (χ0v) is 21.4. The summed E-state index contributed by atoms with van der Waals surface area (Å²) in [5.41, 5.74) is -2.42. The number of methoxy groups -OCH3 is 1. The Bertz CT molecular complexity index is 1380. The number of aliphatic carboxylic acids is 1. The summed E-state index contributed by atoms with van der Waals surface area (Å²) in [5, 5.41) is 13.6. The quantitative estimate of drug-likeness (QED) is 0.367. The topological polar surface area (TPSA) is 122 Å². The van der Waals surface area contributed by atoms with Crippen molar-refractivity contribution in [3.05, 3.63) is 59.9 Å². The first-order chi connectivity index (χ1) is 17.3. The maximum absolute atomic E-state index is 13.4. The molecule has 200 valence electrons. The van der Waals surface area contributed by atoms with Gasteiger partial charge in [0.2, 0.25) is 5.76 Å². The third-order valence-electron chi connectivity index (χ3n) is 6.36. The standard InChI is InChI=1S/C23H24F3N3O6S2/c1-29(10-11-34-2)14-21(15-6-4-3-5-7-15)13-22(21,20(30)31)28-37(32,33)19-9-8-17(36-19)16-12-18(35-27-16)23(24,25)26/h3-9,12,28H,10-11,13-14H2,1-2H3,(H,30,31)/t21-,22+/m1/s1. The molecule has 0 unspecified atom stereocenters. The number of aromatic nitrogens is 1. The predicted molar refractivity (Wildman–Crippen MR) is 128 cm³/mol. The zero-order chi connectivity index (χ0) is 27.1. The number of nitrogens with one attached hydrogen (secondary N) is 1. The van der Waals surface area contributed by atoms with Crippen molar-refractivity contribution >= 4 is 27.3 Å². The average Bonchev–Trinajstić information content (AvgIpc) is 3.24. The number of thiophene rings is 1. The molecule has 37 heavy (non-hydrogen) atoms. The number of halogens is 3. The SMILES string of the molecule is COCCN(C)C[C@@]1(c2ccccc2)C[C@]1(NS(=O)(=O)c1ccc(-c2cc(C(F)(F)F)on2)s1)C(=O)O. The van der Waals surface area contributed by atoms with Gasteiger partial charge in [-0.15, -0.1) is 11.3 Å². The third kappa shape index (κ3) is 5.16. The van der Waals surface area contributed by atoms with Gasteiger partial charge < -0.3 is 19.3 Å². The highest BCUT2D eigenvalue weighted by Gasteiger charge is 2.75. The van der Waals surface area contributed by atoms with Gasteiger partial charge in [-0.2, -0.15) is 17.9 Å². The second-order valence-corrected chi connectivity index (χ2v) is 11.9. The van der Waals surface area contributed by atoms with E-state index in [4.69, 9.17) is 4.74 Å². The Labute approximate surface area is 214 Å². The molecule has 0 aliphatic heterocycles. The van der Waals surface area contributed by atoms with Crippen molar-refractivity contribution in [3.8, 4) is 10.6 Å². The van der Waals surface area contributed by atoms with Crippen molar-refractivity contribution in [2.24, 2.45) is 0 Å². The summed E-state index contributed by atoms with van der Waals surface area (Å²) < 4.78 is 76.8. The van der Waals surface area contributed by atoms with Crippen LogP contribution in [0.3, 0.4) is 0 Å². The third-order valence-corrected chi connectivity index (χ3v) is 9.46. The molecule has 1 fully saturated rings. The number of carboxylic acid groups (broad SMARTS) is 1. The minimum Gasteiger partial charge on any atom is -0.480 e. The summed E-state index contributed by atoms with van der Waals surface area (Å²) >= 11 is 0.658. The number of ether oxygens (including phenoxy) is 1. The van der Waals surface area contributed by atoms with E-state index in [1.54, 1.807) is 44.5 Å². The summed E-state index contributed by atoms with van der Waals surface area (Å²) in [6, 6.07) is 12.0. The average molecular weight is 560 g/mol. The molecule has 0 amide bonds. The molecule has 2 aromatic heterocycles. The van der Waals surface area contributed by atoms with Gasteiger partial charge in [0.05, 0.1) is 11.5 Å². The van der Waals surface area contributed by atoms with E-state index in [1.165, 1.54) is 12.1 Å². The number of alkyl halides is 3. The Kier molecular flexibility index (Phi) is 7.25. The largest absolute Gasteiger partial charge is 0.480 e. The Morgan fingerprint density at radius 1 is 1.27 bits per heavy atom. The fourth-order valence-corrected chi connectivity index (χ4v) is 7.13. The van der Waals surface area contributed by atoms with Crippen molar-refractivity contribution in [1.29, 1.82) is 0 Å². The Morgan fingerprint density at radius 3 is 2.57 bits per heavy atom. The van der Waals surface area contributed by atoms with E-state index in [0.29, 0.717) is 36.1 Å². The first-order valence-electron chi connectivity index (χ1n) is 11.0.